The largest absolute Gasteiger partial charge is 0.462 e. The third-order valence-corrected chi connectivity index (χ3v) is 10.5. The summed E-state index contributed by atoms with van der Waals surface area (Å²) in [5.74, 6) is -0.916. The molecule has 0 N–H and O–H groups in total. The summed E-state index contributed by atoms with van der Waals surface area (Å²) in [4.78, 5) is 37.9. The van der Waals surface area contributed by atoms with E-state index in [1.165, 1.54) is 89.9 Å². The first-order valence-corrected chi connectivity index (χ1v) is 24.8. The zero-order chi connectivity index (χ0) is 43.0. The minimum atomic E-state index is -0.785. The van der Waals surface area contributed by atoms with Gasteiger partial charge in [-0.2, -0.15) is 0 Å². The Balaban J connectivity index is 4.41. The highest BCUT2D eigenvalue weighted by Gasteiger charge is 2.19. The summed E-state index contributed by atoms with van der Waals surface area (Å²) < 4.78 is 16.7. The molecule has 0 saturated heterocycles. The molecule has 0 amide bonds. The number of carbonyl (C=O) groups is 3. The van der Waals surface area contributed by atoms with Crippen molar-refractivity contribution in [2.45, 2.75) is 245 Å². The van der Waals surface area contributed by atoms with Crippen molar-refractivity contribution in [3.8, 4) is 0 Å². The molecule has 6 heteroatoms. The highest BCUT2D eigenvalue weighted by Crippen LogP contribution is 2.14. The van der Waals surface area contributed by atoms with Crippen molar-refractivity contribution in [1.82, 2.24) is 0 Å². The van der Waals surface area contributed by atoms with Crippen LogP contribution in [0.2, 0.25) is 0 Å². The fraction of sp³-hybridized carbons (Fsp3) is 0.755. The van der Waals surface area contributed by atoms with Crippen molar-refractivity contribution in [2.75, 3.05) is 13.2 Å². The van der Waals surface area contributed by atoms with E-state index >= 15 is 0 Å². The fourth-order valence-electron chi connectivity index (χ4n) is 6.78. The van der Waals surface area contributed by atoms with E-state index in [1.54, 1.807) is 0 Å². The van der Waals surface area contributed by atoms with E-state index in [0.29, 0.717) is 19.3 Å². The maximum absolute atomic E-state index is 12.8. The number of unbranched alkanes of at least 4 members (excludes halogenated alkanes) is 23. The van der Waals surface area contributed by atoms with Gasteiger partial charge < -0.3 is 14.2 Å². The number of carbonyl (C=O) groups excluding carboxylic acids is 3. The normalized spacial score (nSPS) is 12.5. The van der Waals surface area contributed by atoms with E-state index in [-0.39, 0.29) is 31.1 Å². The third-order valence-electron chi connectivity index (χ3n) is 10.5. The Hall–Kier alpha value is -2.89. The van der Waals surface area contributed by atoms with Crippen molar-refractivity contribution in [3.63, 3.8) is 0 Å². The molecule has 0 heterocycles. The number of ether oxygens (including phenoxy) is 3. The number of esters is 3. The first-order chi connectivity index (χ1) is 29.0. The van der Waals surface area contributed by atoms with Crippen LogP contribution in [0.5, 0.6) is 0 Å². The molecule has 0 aliphatic carbocycles. The monoisotopic (exact) mass is 825 g/mol. The van der Waals surface area contributed by atoms with Gasteiger partial charge in [-0.15, -0.1) is 0 Å². The molecule has 0 fully saturated rings. The average molecular weight is 825 g/mol. The Morgan fingerprint density at radius 3 is 1.07 bits per heavy atom. The molecular weight excluding hydrogens is 733 g/mol. The van der Waals surface area contributed by atoms with Gasteiger partial charge in [0.05, 0.1) is 0 Å². The smallest absolute Gasteiger partial charge is 0.306 e. The van der Waals surface area contributed by atoms with Crippen LogP contribution in [0.4, 0.5) is 0 Å². The van der Waals surface area contributed by atoms with Gasteiger partial charge in [-0.25, -0.2) is 0 Å². The molecule has 340 valence electrons. The maximum Gasteiger partial charge on any atom is 0.306 e. The first kappa shape index (κ1) is 56.1. The Morgan fingerprint density at radius 1 is 0.356 bits per heavy atom. The summed E-state index contributed by atoms with van der Waals surface area (Å²) in [5.41, 5.74) is 0. The van der Waals surface area contributed by atoms with Crippen molar-refractivity contribution in [2.24, 2.45) is 0 Å². The molecule has 0 aromatic carbocycles. The summed E-state index contributed by atoms with van der Waals surface area (Å²) in [6, 6.07) is 0. The summed E-state index contributed by atoms with van der Waals surface area (Å²) in [7, 11) is 0. The van der Waals surface area contributed by atoms with Crippen LogP contribution in [0, 0.1) is 0 Å². The summed E-state index contributed by atoms with van der Waals surface area (Å²) in [5, 5.41) is 0. The summed E-state index contributed by atoms with van der Waals surface area (Å²) in [6.45, 7) is 6.47. The second kappa shape index (κ2) is 47.8. The van der Waals surface area contributed by atoms with Crippen molar-refractivity contribution in [3.05, 3.63) is 60.8 Å². The van der Waals surface area contributed by atoms with Crippen LogP contribution >= 0.6 is 0 Å². The van der Waals surface area contributed by atoms with Gasteiger partial charge >= 0.3 is 17.9 Å². The van der Waals surface area contributed by atoms with E-state index < -0.39 is 6.10 Å². The van der Waals surface area contributed by atoms with Crippen LogP contribution in [-0.4, -0.2) is 37.2 Å². The second-order valence-corrected chi connectivity index (χ2v) is 16.3. The molecule has 0 spiro atoms. The van der Waals surface area contributed by atoms with Crippen LogP contribution in [-0.2, 0) is 28.6 Å². The molecule has 0 saturated carbocycles. The zero-order valence-electron chi connectivity index (χ0n) is 38.8. The lowest BCUT2D eigenvalue weighted by Gasteiger charge is -2.18. The van der Waals surface area contributed by atoms with Crippen LogP contribution in [0.15, 0.2) is 60.8 Å². The molecule has 59 heavy (non-hydrogen) atoms. The Morgan fingerprint density at radius 2 is 0.661 bits per heavy atom. The standard InChI is InChI=1S/C53H92O6/c1-4-7-10-13-16-19-22-24-25-26-27-29-31-34-37-40-43-46-52(55)58-49-50(48-57-51(54)45-42-39-36-33-30-21-18-15-12-9-6-3)59-53(56)47-44-41-38-35-32-28-23-20-17-14-11-8-5-2/h7,10,16,19-20,23-25,27,29,50H,4-6,8-9,11-15,17-18,21-22,26,28,30-49H2,1-3H3/b10-7-,19-16-,23-20-,25-24-,29-27-/t50-/m0/s1. The lowest BCUT2D eigenvalue weighted by atomic mass is 10.1. The number of allylic oxidation sites excluding steroid dienone is 10. The van der Waals surface area contributed by atoms with E-state index in [1.807, 2.05) is 0 Å². The quantitative estimate of drug-likeness (QED) is 0.0263. The molecule has 0 aromatic heterocycles. The summed E-state index contributed by atoms with van der Waals surface area (Å²) in [6.07, 6.45) is 57.7. The van der Waals surface area contributed by atoms with E-state index in [2.05, 4.69) is 81.5 Å². The van der Waals surface area contributed by atoms with Gasteiger partial charge in [0.25, 0.3) is 0 Å². The Bertz CT molecular complexity index is 1090. The first-order valence-electron chi connectivity index (χ1n) is 24.8. The zero-order valence-corrected chi connectivity index (χ0v) is 38.8. The van der Waals surface area contributed by atoms with Crippen molar-refractivity contribution >= 4 is 17.9 Å². The van der Waals surface area contributed by atoms with E-state index in [9.17, 15) is 14.4 Å². The average Bonchev–Trinajstić information content (AvgIpc) is 3.23. The fourth-order valence-corrected chi connectivity index (χ4v) is 6.78. The molecule has 0 aromatic rings. The van der Waals surface area contributed by atoms with Crippen LogP contribution in [0.1, 0.15) is 239 Å². The molecule has 0 radical (unpaired) electrons. The maximum atomic E-state index is 12.8. The van der Waals surface area contributed by atoms with Crippen LogP contribution in [0.3, 0.4) is 0 Å². The Labute approximate surface area is 364 Å². The van der Waals surface area contributed by atoms with Crippen molar-refractivity contribution in [1.29, 1.82) is 0 Å². The van der Waals surface area contributed by atoms with Gasteiger partial charge in [0.1, 0.15) is 13.2 Å². The third kappa shape index (κ3) is 46.0. The Kier molecular flexibility index (Phi) is 45.4. The molecule has 6 nitrogen and oxygen atoms in total. The topological polar surface area (TPSA) is 78.9 Å². The SMILES string of the molecule is CC/C=C\C/C=C\C/C=C\C/C=C\CCCCCCC(=O)OC[C@H](COC(=O)CCCCCCCCCCCCC)OC(=O)CCCCCCC/C=C\CCCCCC. The lowest BCUT2D eigenvalue weighted by Crippen LogP contribution is -2.30. The highest BCUT2D eigenvalue weighted by molar-refractivity contribution is 5.71. The second-order valence-electron chi connectivity index (χ2n) is 16.3. The molecule has 0 aliphatic rings. The molecule has 1 atom stereocenters. The molecule has 0 rings (SSSR count). The minimum absolute atomic E-state index is 0.0840. The van der Waals surface area contributed by atoms with Crippen LogP contribution < -0.4 is 0 Å². The highest BCUT2D eigenvalue weighted by atomic mass is 16.6. The molecule has 0 bridgehead atoms. The van der Waals surface area contributed by atoms with Gasteiger partial charge in [-0.3, -0.25) is 14.4 Å². The molecular formula is C53H92O6. The molecule has 0 aliphatic heterocycles. The van der Waals surface area contributed by atoms with Crippen LogP contribution in [0.25, 0.3) is 0 Å². The predicted molar refractivity (Wildman–Crippen MR) is 251 cm³/mol. The van der Waals surface area contributed by atoms with Gasteiger partial charge in [0.15, 0.2) is 6.10 Å². The number of hydrogen-bond donors (Lipinski definition) is 0. The lowest BCUT2D eigenvalue weighted by molar-refractivity contribution is -0.167. The molecule has 0 unspecified atom stereocenters. The summed E-state index contributed by atoms with van der Waals surface area (Å²) >= 11 is 0. The number of rotatable bonds is 44. The number of hydrogen-bond acceptors (Lipinski definition) is 6. The van der Waals surface area contributed by atoms with Gasteiger partial charge in [0, 0.05) is 19.3 Å². The predicted octanol–water partition coefficient (Wildman–Crippen LogP) is 16.1. The van der Waals surface area contributed by atoms with Gasteiger partial charge in [-0.1, -0.05) is 197 Å². The van der Waals surface area contributed by atoms with E-state index in [0.717, 1.165) is 109 Å². The van der Waals surface area contributed by atoms with Gasteiger partial charge in [0.2, 0.25) is 0 Å². The van der Waals surface area contributed by atoms with Gasteiger partial charge in [-0.05, 0) is 83.5 Å². The minimum Gasteiger partial charge on any atom is -0.462 e. The van der Waals surface area contributed by atoms with E-state index in [4.69, 9.17) is 14.2 Å². The van der Waals surface area contributed by atoms with Crippen molar-refractivity contribution < 1.29 is 28.6 Å².